The van der Waals surface area contributed by atoms with E-state index in [1.54, 1.807) is 0 Å². The minimum absolute atomic E-state index is 0.476. The third-order valence-electron chi connectivity index (χ3n) is 1.75. The summed E-state index contributed by atoms with van der Waals surface area (Å²) in [5, 5.41) is 0. The van der Waals surface area contributed by atoms with Gasteiger partial charge in [0, 0.05) is 0 Å². The standard InChI is InChI=1S/C13H16O4/c1-5-10(6-2)16-12(14)9-13(15)17-11(7-3)8-4/h5-8,10-11H,1-4,9H2. The maximum absolute atomic E-state index is 11.3. The van der Waals surface area contributed by atoms with Crippen LogP contribution in [-0.2, 0) is 19.1 Å². The summed E-state index contributed by atoms with van der Waals surface area (Å²) in [6.45, 7) is 13.8. The maximum atomic E-state index is 11.3. The second-order valence-corrected chi connectivity index (χ2v) is 3.03. The minimum atomic E-state index is -0.702. The molecule has 0 aromatic rings. The Morgan fingerprint density at radius 1 is 0.824 bits per heavy atom. The van der Waals surface area contributed by atoms with Crippen LogP contribution in [0.3, 0.4) is 0 Å². The molecule has 0 saturated heterocycles. The summed E-state index contributed by atoms with van der Waals surface area (Å²) in [4.78, 5) is 22.5. The van der Waals surface area contributed by atoms with Gasteiger partial charge in [0.15, 0.2) is 0 Å². The Balaban J connectivity index is 4.15. The van der Waals surface area contributed by atoms with Crippen LogP contribution in [0, 0.1) is 0 Å². The van der Waals surface area contributed by atoms with Crippen molar-refractivity contribution in [2.24, 2.45) is 0 Å². The molecule has 4 heteroatoms. The first-order chi connectivity index (χ1) is 8.07. The molecule has 0 saturated carbocycles. The highest BCUT2D eigenvalue weighted by molar-refractivity contribution is 5.91. The Labute approximate surface area is 101 Å². The van der Waals surface area contributed by atoms with E-state index in [1.165, 1.54) is 24.3 Å². The van der Waals surface area contributed by atoms with Crippen molar-refractivity contribution in [1.82, 2.24) is 0 Å². The molecule has 0 bridgehead atoms. The summed E-state index contributed by atoms with van der Waals surface area (Å²) in [5.41, 5.74) is 0. The molecule has 0 N–H and O–H groups in total. The van der Waals surface area contributed by atoms with Gasteiger partial charge in [-0.1, -0.05) is 26.3 Å². The van der Waals surface area contributed by atoms with Gasteiger partial charge in [-0.15, -0.1) is 0 Å². The molecule has 0 rings (SSSR count). The first kappa shape index (κ1) is 14.9. The van der Waals surface area contributed by atoms with Gasteiger partial charge in [0.2, 0.25) is 0 Å². The highest BCUT2D eigenvalue weighted by atomic mass is 16.6. The molecule has 0 spiro atoms. The fraction of sp³-hybridized carbons (Fsp3) is 0.231. The molecule has 4 nitrogen and oxygen atoms in total. The van der Waals surface area contributed by atoms with E-state index in [9.17, 15) is 9.59 Å². The zero-order valence-corrected chi connectivity index (χ0v) is 9.63. The monoisotopic (exact) mass is 236 g/mol. The van der Waals surface area contributed by atoms with Gasteiger partial charge < -0.3 is 9.47 Å². The van der Waals surface area contributed by atoms with Crippen molar-refractivity contribution >= 4 is 11.9 Å². The lowest BCUT2D eigenvalue weighted by Gasteiger charge is -2.11. The molecule has 92 valence electrons. The van der Waals surface area contributed by atoms with E-state index in [1.807, 2.05) is 0 Å². The molecule has 0 unspecified atom stereocenters. The van der Waals surface area contributed by atoms with Crippen LogP contribution in [-0.4, -0.2) is 24.1 Å². The smallest absolute Gasteiger partial charge is 0.318 e. The highest BCUT2D eigenvalue weighted by Gasteiger charge is 2.16. The number of hydrogen-bond donors (Lipinski definition) is 0. The summed E-state index contributed by atoms with van der Waals surface area (Å²) in [7, 11) is 0. The van der Waals surface area contributed by atoms with Gasteiger partial charge in [0.25, 0.3) is 0 Å². The van der Waals surface area contributed by atoms with Gasteiger partial charge in [-0.05, 0) is 24.3 Å². The molecule has 0 aromatic heterocycles. The van der Waals surface area contributed by atoms with Crippen molar-refractivity contribution in [2.45, 2.75) is 18.6 Å². The summed E-state index contributed by atoms with van der Waals surface area (Å²) >= 11 is 0. The second kappa shape index (κ2) is 8.10. The molecular formula is C13H16O4. The molecular weight excluding hydrogens is 220 g/mol. The molecule has 17 heavy (non-hydrogen) atoms. The summed E-state index contributed by atoms with van der Waals surface area (Å²) in [5.74, 6) is -1.40. The summed E-state index contributed by atoms with van der Waals surface area (Å²) in [6.07, 6.45) is 3.89. The summed E-state index contributed by atoms with van der Waals surface area (Å²) < 4.78 is 9.68. The number of hydrogen-bond acceptors (Lipinski definition) is 4. The topological polar surface area (TPSA) is 52.6 Å². The maximum Gasteiger partial charge on any atom is 0.318 e. The molecule has 0 aromatic carbocycles. The molecule has 0 fully saturated rings. The van der Waals surface area contributed by atoms with Crippen molar-refractivity contribution < 1.29 is 19.1 Å². The van der Waals surface area contributed by atoms with Gasteiger partial charge in [-0.2, -0.15) is 0 Å². The second-order valence-electron chi connectivity index (χ2n) is 3.03. The Morgan fingerprint density at radius 3 is 1.35 bits per heavy atom. The van der Waals surface area contributed by atoms with Gasteiger partial charge in [0.05, 0.1) is 0 Å². The van der Waals surface area contributed by atoms with Crippen LogP contribution in [0.1, 0.15) is 6.42 Å². The van der Waals surface area contributed by atoms with Crippen LogP contribution in [0.25, 0.3) is 0 Å². The van der Waals surface area contributed by atoms with E-state index in [0.29, 0.717) is 0 Å². The lowest BCUT2D eigenvalue weighted by molar-refractivity contribution is -0.156. The Kier molecular flexibility index (Phi) is 7.10. The third kappa shape index (κ3) is 6.14. The van der Waals surface area contributed by atoms with Crippen molar-refractivity contribution in [3.05, 3.63) is 50.6 Å². The zero-order valence-electron chi connectivity index (χ0n) is 9.63. The van der Waals surface area contributed by atoms with Crippen LogP contribution in [0.15, 0.2) is 50.6 Å². The van der Waals surface area contributed by atoms with Crippen LogP contribution in [0.5, 0.6) is 0 Å². The first-order valence-electron chi connectivity index (χ1n) is 4.96. The lowest BCUT2D eigenvalue weighted by Crippen LogP contribution is -2.20. The fourth-order valence-corrected chi connectivity index (χ4v) is 0.890. The SMILES string of the molecule is C=CC(C=C)OC(=O)CC(=O)OC(C=C)C=C. The van der Waals surface area contributed by atoms with Crippen molar-refractivity contribution in [3.63, 3.8) is 0 Å². The Morgan fingerprint density at radius 2 is 1.12 bits per heavy atom. The molecule has 0 aliphatic heterocycles. The minimum Gasteiger partial charge on any atom is -0.453 e. The van der Waals surface area contributed by atoms with E-state index >= 15 is 0 Å². The van der Waals surface area contributed by atoms with E-state index in [2.05, 4.69) is 26.3 Å². The average Bonchev–Trinajstić information content (AvgIpc) is 2.32. The largest absolute Gasteiger partial charge is 0.453 e. The normalized spacial score (nSPS) is 9.53. The van der Waals surface area contributed by atoms with Crippen LogP contribution in [0.4, 0.5) is 0 Å². The lowest BCUT2D eigenvalue weighted by atomic mass is 10.3. The number of carbonyl (C=O) groups excluding carboxylic acids is 2. The zero-order chi connectivity index (χ0) is 13.3. The predicted molar refractivity (Wildman–Crippen MR) is 65.2 cm³/mol. The van der Waals surface area contributed by atoms with Crippen molar-refractivity contribution in [3.8, 4) is 0 Å². The van der Waals surface area contributed by atoms with Crippen molar-refractivity contribution in [2.75, 3.05) is 0 Å². The fourth-order valence-electron chi connectivity index (χ4n) is 0.890. The molecule has 0 aliphatic carbocycles. The summed E-state index contributed by atoms with van der Waals surface area (Å²) in [6, 6.07) is 0. The van der Waals surface area contributed by atoms with Gasteiger partial charge in [0.1, 0.15) is 18.6 Å². The Hall–Kier alpha value is -2.10. The number of ether oxygens (including phenoxy) is 2. The quantitative estimate of drug-likeness (QED) is 0.367. The molecule has 0 amide bonds. The molecule has 0 radical (unpaired) electrons. The van der Waals surface area contributed by atoms with E-state index < -0.39 is 30.6 Å². The molecule has 0 atom stereocenters. The Bertz CT molecular complexity index is 282. The third-order valence-corrected chi connectivity index (χ3v) is 1.75. The van der Waals surface area contributed by atoms with Crippen LogP contribution < -0.4 is 0 Å². The van der Waals surface area contributed by atoms with Crippen molar-refractivity contribution in [1.29, 1.82) is 0 Å². The van der Waals surface area contributed by atoms with E-state index in [0.717, 1.165) is 0 Å². The highest BCUT2D eigenvalue weighted by Crippen LogP contribution is 2.02. The van der Waals surface area contributed by atoms with E-state index in [-0.39, 0.29) is 0 Å². The van der Waals surface area contributed by atoms with Crippen LogP contribution in [0.2, 0.25) is 0 Å². The van der Waals surface area contributed by atoms with Gasteiger partial charge in [-0.25, -0.2) is 0 Å². The first-order valence-corrected chi connectivity index (χ1v) is 4.96. The van der Waals surface area contributed by atoms with E-state index in [4.69, 9.17) is 9.47 Å². The number of carbonyl (C=O) groups is 2. The van der Waals surface area contributed by atoms with Crippen LogP contribution >= 0.6 is 0 Å². The molecule has 0 aliphatic rings. The van der Waals surface area contributed by atoms with Gasteiger partial charge in [-0.3, -0.25) is 9.59 Å². The average molecular weight is 236 g/mol. The van der Waals surface area contributed by atoms with Gasteiger partial charge >= 0.3 is 11.9 Å². The molecule has 0 heterocycles. The number of rotatable bonds is 8. The number of esters is 2. The predicted octanol–water partition coefficient (Wildman–Crippen LogP) is 1.94.